The van der Waals surface area contributed by atoms with E-state index in [0.717, 1.165) is 11.3 Å². The van der Waals surface area contributed by atoms with Gasteiger partial charge in [0.15, 0.2) is 5.65 Å². The van der Waals surface area contributed by atoms with E-state index in [1.807, 2.05) is 31.2 Å². The van der Waals surface area contributed by atoms with Gasteiger partial charge in [0.25, 0.3) is 5.56 Å². The molecular formula is C21H17Cl2N5O2. The molecule has 7 nitrogen and oxygen atoms in total. The Morgan fingerprint density at radius 1 is 1.10 bits per heavy atom. The topological polar surface area (TPSA) is 81.8 Å². The third-order valence-electron chi connectivity index (χ3n) is 4.62. The Balaban J connectivity index is 1.50. The van der Waals surface area contributed by atoms with Crippen LogP contribution in [0.25, 0.3) is 16.7 Å². The Bertz CT molecular complexity index is 1300. The lowest BCUT2D eigenvalue weighted by Gasteiger charge is -2.08. The second-order valence-corrected chi connectivity index (χ2v) is 7.61. The van der Waals surface area contributed by atoms with Gasteiger partial charge >= 0.3 is 0 Å². The second kappa shape index (κ2) is 8.30. The first kappa shape index (κ1) is 20.1. The molecule has 1 amide bonds. The first-order valence-corrected chi connectivity index (χ1v) is 9.93. The fraction of sp³-hybridized carbons (Fsp3) is 0.143. The molecule has 2 aromatic heterocycles. The van der Waals surface area contributed by atoms with Crippen LogP contribution in [0.15, 0.2) is 59.8 Å². The Labute approximate surface area is 181 Å². The first-order chi connectivity index (χ1) is 14.4. The highest BCUT2D eigenvalue weighted by atomic mass is 35.5. The summed E-state index contributed by atoms with van der Waals surface area (Å²) in [5.41, 5.74) is 2.71. The summed E-state index contributed by atoms with van der Waals surface area (Å²) in [4.78, 5) is 29.4. The Morgan fingerprint density at radius 3 is 2.60 bits per heavy atom. The minimum atomic E-state index is -0.254. The van der Waals surface area contributed by atoms with E-state index in [1.165, 1.54) is 17.1 Å². The van der Waals surface area contributed by atoms with Crippen molar-refractivity contribution in [2.45, 2.75) is 19.9 Å². The van der Waals surface area contributed by atoms with Crippen molar-refractivity contribution in [2.24, 2.45) is 0 Å². The number of rotatable bonds is 5. The Hall–Kier alpha value is -3.16. The van der Waals surface area contributed by atoms with Crippen molar-refractivity contribution < 1.29 is 4.79 Å². The highest BCUT2D eigenvalue weighted by molar-refractivity contribution is 6.42. The molecule has 0 aliphatic carbocycles. The quantitative estimate of drug-likeness (QED) is 0.502. The largest absolute Gasteiger partial charge is 0.326 e. The maximum Gasteiger partial charge on any atom is 0.264 e. The number of nitrogens with one attached hydrogen (secondary N) is 1. The molecule has 1 N–H and O–H groups in total. The molecule has 2 heterocycles. The van der Waals surface area contributed by atoms with Crippen molar-refractivity contribution >= 4 is 45.8 Å². The number of benzene rings is 2. The van der Waals surface area contributed by atoms with Crippen molar-refractivity contribution in [2.75, 3.05) is 5.32 Å². The van der Waals surface area contributed by atoms with Gasteiger partial charge in [-0.1, -0.05) is 40.9 Å². The van der Waals surface area contributed by atoms with Crippen molar-refractivity contribution in [1.82, 2.24) is 19.3 Å². The molecule has 4 aromatic rings. The fourth-order valence-electron chi connectivity index (χ4n) is 3.00. The predicted octanol–water partition coefficient (Wildman–Crippen LogP) is 4.23. The predicted molar refractivity (Wildman–Crippen MR) is 118 cm³/mol. The minimum Gasteiger partial charge on any atom is -0.326 e. The molecular weight excluding hydrogens is 425 g/mol. The lowest BCUT2D eigenvalue weighted by atomic mass is 10.2. The van der Waals surface area contributed by atoms with Crippen LogP contribution in [0.3, 0.4) is 0 Å². The third-order valence-corrected chi connectivity index (χ3v) is 5.36. The van der Waals surface area contributed by atoms with Crippen LogP contribution < -0.4 is 10.9 Å². The van der Waals surface area contributed by atoms with E-state index in [1.54, 1.807) is 22.9 Å². The molecule has 0 fully saturated rings. The molecule has 2 aromatic carbocycles. The molecule has 0 atom stereocenters. The van der Waals surface area contributed by atoms with Gasteiger partial charge in [0, 0.05) is 18.7 Å². The van der Waals surface area contributed by atoms with Crippen LogP contribution in [0.5, 0.6) is 0 Å². The van der Waals surface area contributed by atoms with Gasteiger partial charge in [-0.15, -0.1) is 0 Å². The van der Waals surface area contributed by atoms with Gasteiger partial charge in [0.1, 0.15) is 5.39 Å². The lowest BCUT2D eigenvalue weighted by molar-refractivity contribution is -0.116. The summed E-state index contributed by atoms with van der Waals surface area (Å²) in [7, 11) is 0. The molecule has 0 saturated heterocycles. The van der Waals surface area contributed by atoms with Gasteiger partial charge in [-0.25, -0.2) is 9.67 Å². The van der Waals surface area contributed by atoms with Crippen molar-refractivity contribution in [1.29, 1.82) is 0 Å². The number of fused-ring (bicyclic) bond motifs is 1. The van der Waals surface area contributed by atoms with Gasteiger partial charge in [-0.2, -0.15) is 5.10 Å². The van der Waals surface area contributed by atoms with E-state index < -0.39 is 0 Å². The molecule has 0 spiro atoms. The smallest absolute Gasteiger partial charge is 0.264 e. The van der Waals surface area contributed by atoms with E-state index in [9.17, 15) is 9.59 Å². The third kappa shape index (κ3) is 4.08. The van der Waals surface area contributed by atoms with Crippen LogP contribution in [0.1, 0.15) is 12.0 Å². The van der Waals surface area contributed by atoms with Crippen LogP contribution in [-0.2, 0) is 11.3 Å². The molecule has 0 radical (unpaired) electrons. The number of amides is 1. The van der Waals surface area contributed by atoms with Crippen LogP contribution in [0.2, 0.25) is 10.0 Å². The van der Waals surface area contributed by atoms with Gasteiger partial charge < -0.3 is 5.32 Å². The zero-order chi connectivity index (χ0) is 21.3. The lowest BCUT2D eigenvalue weighted by Crippen LogP contribution is -2.23. The van der Waals surface area contributed by atoms with Crippen molar-refractivity contribution in [3.8, 4) is 5.69 Å². The Kier molecular flexibility index (Phi) is 5.57. The summed E-state index contributed by atoms with van der Waals surface area (Å²) in [6.07, 6.45) is 3.03. The van der Waals surface area contributed by atoms with Crippen LogP contribution in [0.4, 0.5) is 5.69 Å². The zero-order valence-corrected chi connectivity index (χ0v) is 17.5. The minimum absolute atomic E-state index is 0.0967. The van der Waals surface area contributed by atoms with E-state index >= 15 is 0 Å². The molecule has 0 bridgehead atoms. The van der Waals surface area contributed by atoms with E-state index in [0.29, 0.717) is 26.8 Å². The standard InChI is InChI=1S/C21H17Cl2N5O2/c1-13-2-5-15(6-3-13)28-20-16(11-25-28)21(30)27(12-24-20)9-8-19(29)26-14-4-7-17(22)18(23)10-14/h2-7,10-12H,8-9H2,1H3,(H,26,29). The van der Waals surface area contributed by atoms with E-state index in [4.69, 9.17) is 23.2 Å². The van der Waals surface area contributed by atoms with Gasteiger partial charge in [0.05, 0.1) is 28.3 Å². The molecule has 0 saturated carbocycles. The molecule has 152 valence electrons. The number of halogens is 2. The van der Waals surface area contributed by atoms with E-state index in [2.05, 4.69) is 15.4 Å². The SMILES string of the molecule is Cc1ccc(-n2ncc3c(=O)n(CCC(=O)Nc4ccc(Cl)c(Cl)c4)cnc32)cc1. The maximum atomic E-state index is 12.8. The molecule has 0 unspecified atom stereocenters. The summed E-state index contributed by atoms with van der Waals surface area (Å²) < 4.78 is 3.02. The molecule has 0 aliphatic heterocycles. The molecule has 30 heavy (non-hydrogen) atoms. The average molecular weight is 442 g/mol. The number of hydrogen-bond donors (Lipinski definition) is 1. The number of aryl methyl sites for hydroxylation is 2. The highest BCUT2D eigenvalue weighted by Crippen LogP contribution is 2.25. The number of aromatic nitrogens is 4. The summed E-state index contributed by atoms with van der Waals surface area (Å²) in [6.45, 7) is 2.18. The summed E-state index contributed by atoms with van der Waals surface area (Å²) in [5, 5.41) is 8.19. The normalized spacial score (nSPS) is 11.0. The van der Waals surface area contributed by atoms with Crippen molar-refractivity contribution in [3.63, 3.8) is 0 Å². The first-order valence-electron chi connectivity index (χ1n) is 9.17. The van der Waals surface area contributed by atoms with Crippen molar-refractivity contribution in [3.05, 3.63) is 81.0 Å². The second-order valence-electron chi connectivity index (χ2n) is 6.80. The highest BCUT2D eigenvalue weighted by Gasteiger charge is 2.12. The van der Waals surface area contributed by atoms with Gasteiger partial charge in [0.2, 0.25) is 5.91 Å². The Morgan fingerprint density at radius 2 is 1.87 bits per heavy atom. The molecule has 0 aliphatic rings. The van der Waals surface area contributed by atoms with Crippen LogP contribution >= 0.6 is 23.2 Å². The average Bonchev–Trinajstić information content (AvgIpc) is 3.16. The number of hydrogen-bond acceptors (Lipinski definition) is 4. The van der Waals surface area contributed by atoms with Gasteiger partial charge in [-0.05, 0) is 37.3 Å². The summed E-state index contributed by atoms with van der Waals surface area (Å²) >= 11 is 11.8. The fourth-order valence-corrected chi connectivity index (χ4v) is 3.30. The monoisotopic (exact) mass is 441 g/mol. The number of anilines is 1. The zero-order valence-electron chi connectivity index (χ0n) is 16.0. The maximum absolute atomic E-state index is 12.8. The summed E-state index contributed by atoms with van der Waals surface area (Å²) in [6, 6.07) is 12.6. The van der Waals surface area contributed by atoms with E-state index in [-0.39, 0.29) is 24.4 Å². The summed E-state index contributed by atoms with van der Waals surface area (Å²) in [5.74, 6) is -0.254. The number of nitrogens with zero attached hydrogens (tertiary/aromatic N) is 4. The van der Waals surface area contributed by atoms with Gasteiger partial charge in [-0.3, -0.25) is 14.2 Å². The molecule has 4 rings (SSSR count). The van der Waals surface area contributed by atoms with Crippen LogP contribution in [0, 0.1) is 6.92 Å². The number of carbonyl (C=O) groups is 1. The number of carbonyl (C=O) groups excluding carboxylic acids is 1. The molecule has 9 heteroatoms. The van der Waals surface area contributed by atoms with Crippen LogP contribution in [-0.4, -0.2) is 25.2 Å².